The first-order valence-corrected chi connectivity index (χ1v) is 3.62. The van der Waals surface area contributed by atoms with E-state index in [-0.39, 0.29) is 0 Å². The molecule has 3 heteroatoms. The van der Waals surface area contributed by atoms with Gasteiger partial charge in [-0.2, -0.15) is 0 Å². The normalized spacial score (nSPS) is 15.5. The zero-order chi connectivity index (χ0) is 8.85. The van der Waals surface area contributed by atoms with E-state index in [0.717, 1.165) is 6.42 Å². The van der Waals surface area contributed by atoms with Crippen molar-refractivity contribution in [3.63, 3.8) is 0 Å². The molecule has 0 aliphatic carbocycles. The van der Waals surface area contributed by atoms with Crippen molar-refractivity contribution in [2.45, 2.75) is 25.9 Å². The summed E-state index contributed by atoms with van der Waals surface area (Å²) in [5.41, 5.74) is 0. The van der Waals surface area contributed by atoms with Crippen LogP contribution >= 0.6 is 0 Å². The van der Waals surface area contributed by atoms with Gasteiger partial charge in [-0.3, -0.25) is 0 Å². The third kappa shape index (κ3) is 3.16. The van der Waals surface area contributed by atoms with Crippen LogP contribution < -0.4 is 0 Å². The molecule has 2 nitrogen and oxygen atoms in total. The number of aliphatic carboxylic acids is 1. The summed E-state index contributed by atoms with van der Waals surface area (Å²) < 4.78 is 12.7. The quantitative estimate of drug-likeness (QED) is 0.624. The van der Waals surface area contributed by atoms with Gasteiger partial charge in [0.25, 0.3) is 0 Å². The highest BCUT2D eigenvalue weighted by Crippen LogP contribution is 2.15. The van der Waals surface area contributed by atoms with Gasteiger partial charge in [-0.15, -0.1) is 6.58 Å². The summed E-state index contributed by atoms with van der Waals surface area (Å²) in [6.45, 7) is 5.26. The second kappa shape index (κ2) is 4.88. The predicted octanol–water partition coefficient (Wildman–Crippen LogP) is 2.01. The maximum absolute atomic E-state index is 12.7. The standard InChI is InChI=1S/C8H13FO2/c1-3-5-6(4-2)7(9)8(10)11/h4,6-7H,2-3,5H2,1H3,(H,10,11)/t6-,7-/m0/s1. The molecule has 0 spiro atoms. The molecule has 0 aliphatic heterocycles. The first-order chi connectivity index (χ1) is 5.13. The predicted molar refractivity (Wildman–Crippen MR) is 41.1 cm³/mol. The van der Waals surface area contributed by atoms with Gasteiger partial charge in [0.05, 0.1) is 0 Å². The molecule has 2 atom stereocenters. The van der Waals surface area contributed by atoms with E-state index in [1.165, 1.54) is 6.08 Å². The number of hydrogen-bond acceptors (Lipinski definition) is 1. The molecule has 11 heavy (non-hydrogen) atoms. The summed E-state index contributed by atoms with van der Waals surface area (Å²) >= 11 is 0. The highest BCUT2D eigenvalue weighted by atomic mass is 19.1. The molecule has 0 amide bonds. The Kier molecular flexibility index (Phi) is 4.50. The summed E-state index contributed by atoms with van der Waals surface area (Å²) in [5, 5.41) is 8.29. The number of carboxylic acids is 1. The zero-order valence-electron chi connectivity index (χ0n) is 6.59. The van der Waals surface area contributed by atoms with E-state index < -0.39 is 18.1 Å². The van der Waals surface area contributed by atoms with Crippen LogP contribution in [0.3, 0.4) is 0 Å². The Morgan fingerprint density at radius 3 is 2.64 bits per heavy atom. The molecule has 0 unspecified atom stereocenters. The molecule has 0 rings (SSSR count). The molecule has 0 saturated carbocycles. The van der Waals surface area contributed by atoms with E-state index in [2.05, 4.69) is 6.58 Å². The highest BCUT2D eigenvalue weighted by Gasteiger charge is 2.23. The van der Waals surface area contributed by atoms with Gasteiger partial charge in [0.2, 0.25) is 6.17 Å². The van der Waals surface area contributed by atoms with E-state index in [9.17, 15) is 9.18 Å². The van der Waals surface area contributed by atoms with Gasteiger partial charge in [0, 0.05) is 5.92 Å². The average molecular weight is 160 g/mol. The van der Waals surface area contributed by atoms with Crippen molar-refractivity contribution in [1.82, 2.24) is 0 Å². The van der Waals surface area contributed by atoms with Gasteiger partial charge in [-0.05, 0) is 6.42 Å². The first-order valence-electron chi connectivity index (χ1n) is 3.62. The van der Waals surface area contributed by atoms with Crippen LogP contribution in [0, 0.1) is 5.92 Å². The number of allylic oxidation sites excluding steroid dienone is 1. The Balaban J connectivity index is 4.01. The third-order valence-electron chi connectivity index (χ3n) is 1.54. The first kappa shape index (κ1) is 10.1. The maximum Gasteiger partial charge on any atom is 0.338 e. The van der Waals surface area contributed by atoms with Crippen molar-refractivity contribution in [2.75, 3.05) is 0 Å². The molecule has 0 heterocycles. The van der Waals surface area contributed by atoms with Gasteiger partial charge < -0.3 is 5.11 Å². The molecule has 64 valence electrons. The van der Waals surface area contributed by atoms with Crippen LogP contribution in [0.2, 0.25) is 0 Å². The topological polar surface area (TPSA) is 37.3 Å². The Morgan fingerprint density at radius 2 is 2.36 bits per heavy atom. The molecule has 0 radical (unpaired) electrons. The number of carboxylic acid groups (broad SMARTS) is 1. The fraction of sp³-hybridized carbons (Fsp3) is 0.625. The third-order valence-corrected chi connectivity index (χ3v) is 1.54. The summed E-state index contributed by atoms with van der Waals surface area (Å²) in [4.78, 5) is 10.2. The van der Waals surface area contributed by atoms with Gasteiger partial charge in [0.15, 0.2) is 0 Å². The fourth-order valence-electron chi connectivity index (χ4n) is 0.900. The van der Waals surface area contributed by atoms with E-state index in [4.69, 9.17) is 5.11 Å². The van der Waals surface area contributed by atoms with Crippen molar-refractivity contribution in [2.24, 2.45) is 5.92 Å². The lowest BCUT2D eigenvalue weighted by Crippen LogP contribution is -2.23. The van der Waals surface area contributed by atoms with E-state index >= 15 is 0 Å². The van der Waals surface area contributed by atoms with Crippen molar-refractivity contribution in [3.05, 3.63) is 12.7 Å². The van der Waals surface area contributed by atoms with E-state index in [0.29, 0.717) is 6.42 Å². The molecule has 1 N–H and O–H groups in total. The summed E-state index contributed by atoms with van der Waals surface area (Å²) in [7, 11) is 0. The second-order valence-corrected chi connectivity index (χ2v) is 2.43. The summed E-state index contributed by atoms with van der Waals surface area (Å²) in [6.07, 6.45) is 0.872. The van der Waals surface area contributed by atoms with Crippen LogP contribution in [0.4, 0.5) is 4.39 Å². The Hall–Kier alpha value is -0.860. The molecule has 0 fully saturated rings. The SMILES string of the molecule is C=C[C@@H](CCC)[C@H](F)C(=O)O. The smallest absolute Gasteiger partial charge is 0.338 e. The lowest BCUT2D eigenvalue weighted by atomic mass is 9.98. The molecule has 0 bridgehead atoms. The van der Waals surface area contributed by atoms with E-state index in [1.54, 1.807) is 0 Å². The molecular weight excluding hydrogens is 147 g/mol. The summed E-state index contributed by atoms with van der Waals surface area (Å²) in [5.74, 6) is -1.94. The van der Waals surface area contributed by atoms with Gasteiger partial charge in [-0.1, -0.05) is 19.4 Å². The molecule has 0 aromatic rings. The van der Waals surface area contributed by atoms with Crippen LogP contribution in [0.1, 0.15) is 19.8 Å². The Morgan fingerprint density at radius 1 is 1.82 bits per heavy atom. The van der Waals surface area contributed by atoms with Crippen molar-refractivity contribution < 1.29 is 14.3 Å². The van der Waals surface area contributed by atoms with Crippen LogP contribution in [-0.4, -0.2) is 17.2 Å². The Bertz CT molecular complexity index is 145. The minimum absolute atomic E-state index is 0.539. The number of alkyl halides is 1. The van der Waals surface area contributed by atoms with Gasteiger partial charge >= 0.3 is 5.97 Å². The second-order valence-electron chi connectivity index (χ2n) is 2.43. The largest absolute Gasteiger partial charge is 0.479 e. The number of hydrogen-bond donors (Lipinski definition) is 1. The molecule has 0 aromatic heterocycles. The zero-order valence-corrected chi connectivity index (χ0v) is 6.59. The lowest BCUT2D eigenvalue weighted by molar-refractivity contribution is -0.144. The van der Waals surface area contributed by atoms with Gasteiger partial charge in [0.1, 0.15) is 0 Å². The fourth-order valence-corrected chi connectivity index (χ4v) is 0.900. The maximum atomic E-state index is 12.7. The molecule has 0 aromatic carbocycles. The lowest BCUT2D eigenvalue weighted by Gasteiger charge is -2.11. The van der Waals surface area contributed by atoms with E-state index in [1.807, 2.05) is 6.92 Å². The molecule has 0 aliphatic rings. The van der Waals surface area contributed by atoms with Gasteiger partial charge in [-0.25, -0.2) is 9.18 Å². The summed E-state index contributed by atoms with van der Waals surface area (Å²) in [6, 6.07) is 0. The number of rotatable bonds is 5. The van der Waals surface area contributed by atoms with Crippen molar-refractivity contribution in [3.8, 4) is 0 Å². The monoisotopic (exact) mass is 160 g/mol. The van der Waals surface area contributed by atoms with Crippen LogP contribution in [0.25, 0.3) is 0 Å². The minimum Gasteiger partial charge on any atom is -0.479 e. The molecule has 0 saturated heterocycles. The number of carbonyl (C=O) groups is 1. The van der Waals surface area contributed by atoms with Crippen LogP contribution in [0.15, 0.2) is 12.7 Å². The minimum atomic E-state index is -1.80. The van der Waals surface area contributed by atoms with Crippen LogP contribution in [-0.2, 0) is 4.79 Å². The highest BCUT2D eigenvalue weighted by molar-refractivity contribution is 5.72. The molecular formula is C8H13FO2. The average Bonchev–Trinajstić information content (AvgIpc) is 1.98. The van der Waals surface area contributed by atoms with Crippen LogP contribution in [0.5, 0.6) is 0 Å². The number of halogens is 1. The van der Waals surface area contributed by atoms with Crippen molar-refractivity contribution in [1.29, 1.82) is 0 Å². The van der Waals surface area contributed by atoms with Crippen molar-refractivity contribution >= 4 is 5.97 Å². The Labute approximate surface area is 65.7 Å².